The van der Waals surface area contributed by atoms with Crippen molar-refractivity contribution in [2.24, 2.45) is 11.8 Å². The van der Waals surface area contributed by atoms with Crippen molar-refractivity contribution in [3.63, 3.8) is 0 Å². The number of rotatable bonds is 16. The van der Waals surface area contributed by atoms with E-state index >= 15 is 0 Å². The van der Waals surface area contributed by atoms with Gasteiger partial charge in [-0.1, -0.05) is 56.2 Å². The molecule has 30 heavy (non-hydrogen) atoms. The number of thioether (sulfide) groups is 1. The van der Waals surface area contributed by atoms with Crippen molar-refractivity contribution in [1.29, 1.82) is 0 Å². The molecular formula is C24H38O5S. The summed E-state index contributed by atoms with van der Waals surface area (Å²) in [5, 5.41) is 28.1. The minimum absolute atomic E-state index is 0.0917. The summed E-state index contributed by atoms with van der Waals surface area (Å²) >= 11 is 1.64. The van der Waals surface area contributed by atoms with Crippen molar-refractivity contribution in [3.8, 4) is 0 Å². The van der Waals surface area contributed by atoms with Crippen LogP contribution < -0.4 is 0 Å². The number of ketones is 1. The number of aliphatic hydroxyl groups is 2. The van der Waals surface area contributed by atoms with Crippen LogP contribution in [-0.2, 0) is 9.59 Å². The molecule has 1 saturated carbocycles. The summed E-state index contributed by atoms with van der Waals surface area (Å²) in [6, 6.07) is 0. The number of hydrogen-bond acceptors (Lipinski definition) is 5. The monoisotopic (exact) mass is 438 g/mol. The van der Waals surface area contributed by atoms with Gasteiger partial charge in [-0.25, -0.2) is 0 Å². The lowest BCUT2D eigenvalue weighted by atomic mass is 9.91. The summed E-state index contributed by atoms with van der Waals surface area (Å²) in [4.78, 5) is 23.2. The molecule has 0 aromatic rings. The lowest BCUT2D eigenvalue weighted by molar-refractivity contribution is -0.137. The molecule has 1 aliphatic carbocycles. The largest absolute Gasteiger partial charge is 0.481 e. The highest BCUT2D eigenvalue weighted by Crippen LogP contribution is 2.40. The normalized spacial score (nSPS) is 23.3. The number of carbonyl (C=O) groups excluding carboxylic acids is 1. The third-order valence-electron chi connectivity index (χ3n) is 5.27. The van der Waals surface area contributed by atoms with E-state index in [0.29, 0.717) is 37.9 Å². The summed E-state index contributed by atoms with van der Waals surface area (Å²) in [6.45, 7) is 2.24. The highest BCUT2D eigenvalue weighted by Gasteiger charge is 2.40. The molecule has 4 atom stereocenters. The van der Waals surface area contributed by atoms with Gasteiger partial charge < -0.3 is 15.3 Å². The number of carbonyl (C=O) groups is 2. The molecule has 0 amide bonds. The van der Waals surface area contributed by atoms with Gasteiger partial charge in [-0.2, -0.15) is 11.8 Å². The standard InChI is InChI=1S/C24H38O5S/c1-2-3-4-7-11-19(26)12-10-14-21-20(13-8-5-6-9-15-24(28)29)22(27)18-23(21)30-17-16-25/h5,7-8,10-11,14,19-21,23,25-26H,2-4,6,9,12-13,15-18H2,1H3,(H,28,29)/t19?,20-,21-,23-/m1/s1. The predicted octanol–water partition coefficient (Wildman–Crippen LogP) is 4.54. The van der Waals surface area contributed by atoms with Crippen LogP contribution in [0.15, 0.2) is 36.5 Å². The summed E-state index contributed by atoms with van der Waals surface area (Å²) in [7, 11) is 0. The Labute approximate surface area is 185 Å². The minimum atomic E-state index is -0.786. The molecule has 1 aliphatic rings. The Morgan fingerprint density at radius 3 is 2.67 bits per heavy atom. The lowest BCUT2D eigenvalue weighted by Gasteiger charge is -2.19. The van der Waals surface area contributed by atoms with Gasteiger partial charge in [0.05, 0.1) is 12.7 Å². The Balaban J connectivity index is 2.63. The number of aliphatic carboxylic acids is 1. The summed E-state index contributed by atoms with van der Waals surface area (Å²) in [5.74, 6) is 0.0726. The van der Waals surface area contributed by atoms with Crippen LogP contribution in [0.1, 0.15) is 64.7 Å². The van der Waals surface area contributed by atoms with E-state index in [0.717, 1.165) is 19.3 Å². The van der Waals surface area contributed by atoms with Crippen LogP contribution in [0.5, 0.6) is 0 Å². The number of carboxylic acids is 1. The molecule has 1 unspecified atom stereocenters. The number of hydrogen-bond donors (Lipinski definition) is 3. The molecule has 1 fully saturated rings. The first-order valence-electron chi connectivity index (χ1n) is 11.1. The second-order valence-electron chi connectivity index (χ2n) is 7.78. The van der Waals surface area contributed by atoms with Gasteiger partial charge in [0.15, 0.2) is 0 Å². The van der Waals surface area contributed by atoms with Crippen molar-refractivity contribution in [2.75, 3.05) is 12.4 Å². The van der Waals surface area contributed by atoms with Crippen molar-refractivity contribution in [2.45, 2.75) is 76.1 Å². The van der Waals surface area contributed by atoms with E-state index < -0.39 is 12.1 Å². The van der Waals surface area contributed by atoms with Gasteiger partial charge in [-0.05, 0) is 38.0 Å². The van der Waals surface area contributed by atoms with E-state index in [-0.39, 0.29) is 35.9 Å². The van der Waals surface area contributed by atoms with Crippen molar-refractivity contribution >= 4 is 23.5 Å². The van der Waals surface area contributed by atoms with Crippen LogP contribution in [0.3, 0.4) is 0 Å². The SMILES string of the molecule is CCCCC=CC(O)CC=C[C@H]1[C@H](SCCO)CC(=O)[C@@H]1CC=CCCCC(=O)O. The molecule has 3 N–H and O–H groups in total. The van der Waals surface area contributed by atoms with Gasteiger partial charge >= 0.3 is 5.97 Å². The number of Topliss-reactive ketones (excluding diaryl/α,β-unsaturated/α-hetero) is 1. The Hall–Kier alpha value is -1.37. The summed E-state index contributed by atoms with van der Waals surface area (Å²) in [6.07, 6.45) is 17.8. The topological polar surface area (TPSA) is 94.8 Å². The first-order chi connectivity index (χ1) is 14.5. The van der Waals surface area contributed by atoms with E-state index in [4.69, 9.17) is 10.2 Å². The molecule has 0 aromatic heterocycles. The van der Waals surface area contributed by atoms with E-state index in [1.165, 1.54) is 0 Å². The molecule has 0 heterocycles. The molecule has 0 saturated heterocycles. The van der Waals surface area contributed by atoms with E-state index in [9.17, 15) is 14.7 Å². The molecule has 5 nitrogen and oxygen atoms in total. The van der Waals surface area contributed by atoms with Gasteiger partial charge in [0.25, 0.3) is 0 Å². The minimum Gasteiger partial charge on any atom is -0.481 e. The van der Waals surface area contributed by atoms with E-state index in [1.807, 2.05) is 30.4 Å². The zero-order valence-electron chi connectivity index (χ0n) is 18.1. The van der Waals surface area contributed by atoms with Crippen LogP contribution in [0.25, 0.3) is 0 Å². The Kier molecular flexibility index (Phi) is 14.5. The number of aliphatic hydroxyl groups excluding tert-OH is 2. The average Bonchev–Trinajstić information content (AvgIpc) is 3.00. The van der Waals surface area contributed by atoms with Crippen LogP contribution in [0.4, 0.5) is 0 Å². The van der Waals surface area contributed by atoms with Gasteiger partial charge in [0.2, 0.25) is 0 Å². The maximum absolute atomic E-state index is 12.6. The van der Waals surface area contributed by atoms with E-state index in [2.05, 4.69) is 13.0 Å². The zero-order chi connectivity index (χ0) is 22.2. The Morgan fingerprint density at radius 1 is 1.20 bits per heavy atom. The van der Waals surface area contributed by atoms with Crippen molar-refractivity contribution in [3.05, 3.63) is 36.5 Å². The molecule has 0 radical (unpaired) electrons. The van der Waals surface area contributed by atoms with Crippen molar-refractivity contribution in [1.82, 2.24) is 0 Å². The zero-order valence-corrected chi connectivity index (χ0v) is 18.9. The first kappa shape index (κ1) is 26.7. The van der Waals surface area contributed by atoms with Gasteiger partial charge in [0, 0.05) is 29.8 Å². The summed E-state index contributed by atoms with van der Waals surface area (Å²) < 4.78 is 0. The second-order valence-corrected chi connectivity index (χ2v) is 9.13. The smallest absolute Gasteiger partial charge is 0.303 e. The number of allylic oxidation sites excluding steroid dienone is 4. The number of carboxylic acid groups (broad SMARTS) is 1. The quantitative estimate of drug-likeness (QED) is 0.242. The number of unbranched alkanes of at least 4 members (excludes halogenated alkanes) is 3. The van der Waals surface area contributed by atoms with Crippen LogP contribution in [0, 0.1) is 11.8 Å². The highest BCUT2D eigenvalue weighted by atomic mass is 32.2. The molecule has 0 spiro atoms. The summed E-state index contributed by atoms with van der Waals surface area (Å²) in [5.41, 5.74) is 0. The average molecular weight is 439 g/mol. The predicted molar refractivity (Wildman–Crippen MR) is 124 cm³/mol. The molecular weight excluding hydrogens is 400 g/mol. The molecule has 0 bridgehead atoms. The molecule has 1 rings (SSSR count). The second kappa shape index (κ2) is 16.3. The molecule has 170 valence electrons. The third kappa shape index (κ3) is 11.1. The van der Waals surface area contributed by atoms with Crippen LogP contribution in [0.2, 0.25) is 0 Å². The fraction of sp³-hybridized carbons (Fsp3) is 0.667. The highest BCUT2D eigenvalue weighted by molar-refractivity contribution is 8.00. The van der Waals surface area contributed by atoms with Crippen LogP contribution in [-0.4, -0.2) is 50.8 Å². The molecule has 0 aromatic carbocycles. The fourth-order valence-corrected chi connectivity index (χ4v) is 4.83. The maximum Gasteiger partial charge on any atom is 0.303 e. The third-order valence-corrected chi connectivity index (χ3v) is 6.60. The molecule has 0 aliphatic heterocycles. The van der Waals surface area contributed by atoms with Crippen molar-refractivity contribution < 1.29 is 24.9 Å². The fourth-order valence-electron chi connectivity index (χ4n) is 3.64. The van der Waals surface area contributed by atoms with E-state index in [1.54, 1.807) is 11.8 Å². The Morgan fingerprint density at radius 2 is 1.97 bits per heavy atom. The Bertz CT molecular complexity index is 584. The first-order valence-corrected chi connectivity index (χ1v) is 12.2. The van der Waals surface area contributed by atoms with Gasteiger partial charge in [0.1, 0.15) is 5.78 Å². The van der Waals surface area contributed by atoms with Gasteiger partial charge in [-0.15, -0.1) is 0 Å². The van der Waals surface area contributed by atoms with Gasteiger partial charge in [-0.3, -0.25) is 9.59 Å². The molecule has 6 heteroatoms. The van der Waals surface area contributed by atoms with Crippen LogP contribution >= 0.6 is 11.8 Å². The lowest BCUT2D eigenvalue weighted by Crippen LogP contribution is -2.17. The maximum atomic E-state index is 12.6.